The third-order valence-electron chi connectivity index (χ3n) is 8.03. The summed E-state index contributed by atoms with van der Waals surface area (Å²) in [6, 6.07) is 50.6. The fraction of sp³-hybridized carbons (Fsp3) is 0.0811. The van der Waals surface area contributed by atoms with E-state index in [1.54, 1.807) is 0 Å². The second-order valence-corrected chi connectivity index (χ2v) is 10.7. The van der Waals surface area contributed by atoms with E-state index >= 15 is 0 Å². The van der Waals surface area contributed by atoms with Gasteiger partial charge in [0.25, 0.3) is 0 Å². The molecule has 1 heteroatoms. The van der Waals surface area contributed by atoms with Crippen molar-refractivity contribution in [2.45, 2.75) is 19.3 Å². The fourth-order valence-electron chi connectivity index (χ4n) is 6.13. The van der Waals surface area contributed by atoms with Gasteiger partial charge in [0.2, 0.25) is 0 Å². The monoisotopic (exact) mass is 487 g/mol. The first-order chi connectivity index (χ1) is 18.6. The topological polar surface area (TPSA) is 3.24 Å². The van der Waals surface area contributed by atoms with E-state index in [-0.39, 0.29) is 5.41 Å². The molecule has 0 saturated carbocycles. The second kappa shape index (κ2) is 8.75. The van der Waals surface area contributed by atoms with Crippen molar-refractivity contribution in [1.29, 1.82) is 0 Å². The minimum Gasteiger partial charge on any atom is -0.310 e. The molecule has 0 spiro atoms. The Hall–Kier alpha value is -4.62. The van der Waals surface area contributed by atoms with Crippen molar-refractivity contribution >= 4 is 27.8 Å². The molecule has 0 atom stereocenters. The molecule has 0 heterocycles. The van der Waals surface area contributed by atoms with Gasteiger partial charge in [-0.05, 0) is 80.6 Å². The maximum Gasteiger partial charge on any atom is 0.0468 e. The van der Waals surface area contributed by atoms with Gasteiger partial charge in [-0.1, -0.05) is 117 Å². The lowest BCUT2D eigenvalue weighted by molar-refractivity contribution is 0.660. The molecule has 1 nitrogen and oxygen atoms in total. The quantitative estimate of drug-likeness (QED) is 0.239. The number of benzene rings is 6. The average Bonchev–Trinajstić information content (AvgIpc) is 3.20. The van der Waals surface area contributed by atoms with Crippen LogP contribution in [0.5, 0.6) is 0 Å². The summed E-state index contributed by atoms with van der Waals surface area (Å²) in [4.78, 5) is 2.38. The summed E-state index contributed by atoms with van der Waals surface area (Å²) in [6.45, 7) is 4.70. The Morgan fingerprint density at radius 1 is 0.447 bits per heavy atom. The Bertz CT molecular complexity index is 1780. The Morgan fingerprint density at radius 3 is 1.89 bits per heavy atom. The van der Waals surface area contributed by atoms with Crippen LogP contribution in [0.25, 0.3) is 33.0 Å². The zero-order chi connectivity index (χ0) is 25.7. The summed E-state index contributed by atoms with van der Waals surface area (Å²) >= 11 is 0. The minimum atomic E-state index is -0.0610. The molecular formula is C37H29N. The molecule has 0 fully saturated rings. The molecule has 0 bridgehead atoms. The van der Waals surface area contributed by atoms with Gasteiger partial charge in [-0.25, -0.2) is 0 Å². The zero-order valence-corrected chi connectivity index (χ0v) is 21.7. The maximum absolute atomic E-state index is 2.40. The van der Waals surface area contributed by atoms with Gasteiger partial charge in [-0.15, -0.1) is 0 Å². The molecule has 1 aliphatic rings. The van der Waals surface area contributed by atoms with Crippen LogP contribution < -0.4 is 4.90 Å². The molecule has 0 N–H and O–H groups in total. The molecule has 0 amide bonds. The van der Waals surface area contributed by atoms with Crippen LogP contribution in [0.4, 0.5) is 17.1 Å². The Balaban J connectivity index is 1.46. The largest absolute Gasteiger partial charge is 0.310 e. The molecule has 182 valence electrons. The summed E-state index contributed by atoms with van der Waals surface area (Å²) in [6.07, 6.45) is 0. The number of nitrogens with zero attached hydrogens (tertiary/aromatic N) is 1. The van der Waals surface area contributed by atoms with Gasteiger partial charge in [0.05, 0.1) is 0 Å². The molecule has 1 aliphatic carbocycles. The van der Waals surface area contributed by atoms with Crippen molar-refractivity contribution in [3.63, 3.8) is 0 Å². The van der Waals surface area contributed by atoms with E-state index in [1.807, 2.05) is 0 Å². The van der Waals surface area contributed by atoms with Crippen molar-refractivity contribution in [3.05, 3.63) is 151 Å². The van der Waals surface area contributed by atoms with E-state index in [0.717, 1.165) is 17.1 Å². The molecule has 0 aromatic heterocycles. The van der Waals surface area contributed by atoms with Gasteiger partial charge in [-0.2, -0.15) is 0 Å². The third kappa shape index (κ3) is 3.55. The van der Waals surface area contributed by atoms with Gasteiger partial charge in [0.15, 0.2) is 0 Å². The molecule has 0 radical (unpaired) electrons. The molecule has 0 unspecified atom stereocenters. The molecule has 7 rings (SSSR count). The summed E-state index contributed by atoms with van der Waals surface area (Å²) < 4.78 is 0. The number of rotatable bonds is 4. The number of para-hydroxylation sites is 1. The Kier molecular flexibility index (Phi) is 5.19. The van der Waals surface area contributed by atoms with Gasteiger partial charge < -0.3 is 4.90 Å². The lowest BCUT2D eigenvalue weighted by Gasteiger charge is -2.27. The minimum absolute atomic E-state index is 0.0610. The standard InChI is InChI=1S/C37H29N/c1-37(2)34-23-22-31(25-33(34)36-32(18-11-19-35(36)37)27-13-5-3-6-14-27)38(29-16-7-4-8-17-29)30-21-20-26-12-9-10-15-28(26)24-30/h3-25H,1-2H3. The summed E-state index contributed by atoms with van der Waals surface area (Å²) in [7, 11) is 0. The molecule has 0 aliphatic heterocycles. The second-order valence-electron chi connectivity index (χ2n) is 10.7. The van der Waals surface area contributed by atoms with Crippen LogP contribution in [0, 0.1) is 0 Å². The van der Waals surface area contributed by atoms with Crippen molar-refractivity contribution < 1.29 is 0 Å². The first-order valence-corrected chi connectivity index (χ1v) is 13.3. The van der Waals surface area contributed by atoms with Crippen molar-refractivity contribution in [2.75, 3.05) is 4.90 Å². The highest BCUT2D eigenvalue weighted by molar-refractivity contribution is 5.95. The third-order valence-corrected chi connectivity index (χ3v) is 8.03. The van der Waals surface area contributed by atoms with Crippen LogP contribution >= 0.6 is 0 Å². The molecule has 38 heavy (non-hydrogen) atoms. The van der Waals surface area contributed by atoms with Crippen LogP contribution in [0.2, 0.25) is 0 Å². The number of hydrogen-bond donors (Lipinski definition) is 0. The van der Waals surface area contributed by atoms with Crippen LogP contribution in [-0.2, 0) is 5.41 Å². The summed E-state index contributed by atoms with van der Waals surface area (Å²) in [5, 5.41) is 2.49. The van der Waals surface area contributed by atoms with Gasteiger partial charge >= 0.3 is 0 Å². The van der Waals surface area contributed by atoms with Crippen molar-refractivity contribution in [1.82, 2.24) is 0 Å². The van der Waals surface area contributed by atoms with E-state index in [0.29, 0.717) is 0 Å². The SMILES string of the molecule is CC1(C)c2ccc(N(c3ccccc3)c3ccc4ccccc4c3)cc2-c2c(-c3ccccc3)cccc21. The number of hydrogen-bond acceptors (Lipinski definition) is 1. The van der Waals surface area contributed by atoms with Gasteiger partial charge in [0.1, 0.15) is 0 Å². The highest BCUT2D eigenvalue weighted by atomic mass is 15.1. The molecule has 6 aromatic carbocycles. The summed E-state index contributed by atoms with van der Waals surface area (Å²) in [5.74, 6) is 0. The molecular weight excluding hydrogens is 458 g/mol. The average molecular weight is 488 g/mol. The highest BCUT2D eigenvalue weighted by Gasteiger charge is 2.37. The van der Waals surface area contributed by atoms with Crippen LogP contribution in [0.15, 0.2) is 140 Å². The number of fused-ring (bicyclic) bond motifs is 4. The van der Waals surface area contributed by atoms with Crippen molar-refractivity contribution in [2.24, 2.45) is 0 Å². The van der Waals surface area contributed by atoms with E-state index in [1.165, 1.54) is 44.2 Å². The zero-order valence-electron chi connectivity index (χ0n) is 21.7. The van der Waals surface area contributed by atoms with E-state index < -0.39 is 0 Å². The fourth-order valence-corrected chi connectivity index (χ4v) is 6.13. The van der Waals surface area contributed by atoms with Gasteiger partial charge in [0, 0.05) is 22.5 Å². The normalized spacial score (nSPS) is 13.2. The predicted octanol–water partition coefficient (Wildman–Crippen LogP) is 10.3. The van der Waals surface area contributed by atoms with Crippen molar-refractivity contribution in [3.8, 4) is 22.3 Å². The number of anilines is 3. The van der Waals surface area contributed by atoms with Gasteiger partial charge in [-0.3, -0.25) is 0 Å². The summed E-state index contributed by atoms with van der Waals surface area (Å²) in [5.41, 5.74) is 11.4. The van der Waals surface area contributed by atoms with E-state index in [9.17, 15) is 0 Å². The maximum atomic E-state index is 2.40. The lowest BCUT2D eigenvalue weighted by atomic mass is 9.82. The smallest absolute Gasteiger partial charge is 0.0468 e. The van der Waals surface area contributed by atoms with Crippen LogP contribution in [-0.4, -0.2) is 0 Å². The Morgan fingerprint density at radius 2 is 1.11 bits per heavy atom. The first kappa shape index (κ1) is 22.6. The predicted molar refractivity (Wildman–Crippen MR) is 162 cm³/mol. The lowest BCUT2D eigenvalue weighted by Crippen LogP contribution is -2.15. The van der Waals surface area contributed by atoms with E-state index in [4.69, 9.17) is 0 Å². The van der Waals surface area contributed by atoms with E-state index in [2.05, 4.69) is 158 Å². The van der Waals surface area contributed by atoms with Crippen LogP contribution in [0.1, 0.15) is 25.0 Å². The first-order valence-electron chi connectivity index (χ1n) is 13.3. The molecule has 0 saturated heterocycles. The highest BCUT2D eigenvalue weighted by Crippen LogP contribution is 2.53. The Labute approximate surface area is 224 Å². The van der Waals surface area contributed by atoms with Crippen LogP contribution in [0.3, 0.4) is 0 Å². The molecule has 6 aromatic rings.